The quantitative estimate of drug-likeness (QED) is 0.259. The van der Waals surface area contributed by atoms with Crippen molar-refractivity contribution in [2.45, 2.75) is 0 Å². The molecule has 1 aliphatic rings. The maximum Gasteiger partial charge on any atom is 0.271 e. The molecule has 1 fully saturated rings. The Bertz CT molecular complexity index is 1550. The zero-order valence-corrected chi connectivity index (χ0v) is 21.1. The monoisotopic (exact) mass is 528 g/mol. The highest BCUT2D eigenvalue weighted by Crippen LogP contribution is 2.28. The van der Waals surface area contributed by atoms with E-state index in [0.717, 1.165) is 22.0 Å². The number of halogens is 1. The number of rotatable bonds is 5. The van der Waals surface area contributed by atoms with E-state index in [1.54, 1.807) is 24.3 Å². The smallest absolute Gasteiger partial charge is 0.271 e. The van der Waals surface area contributed by atoms with Gasteiger partial charge < -0.3 is 20.0 Å². The minimum atomic E-state index is -0.470. The molecule has 38 heavy (non-hydrogen) atoms. The number of hydrogen-bond acceptors (Lipinski definition) is 6. The first-order valence-electron chi connectivity index (χ1n) is 12.1. The second-order valence-corrected chi connectivity index (χ2v) is 9.29. The van der Waals surface area contributed by atoms with E-state index < -0.39 is 5.91 Å². The minimum Gasteiger partial charge on any atom is -0.506 e. The van der Waals surface area contributed by atoms with Crippen LogP contribution < -0.4 is 10.3 Å². The Labute approximate surface area is 224 Å². The van der Waals surface area contributed by atoms with Crippen LogP contribution in [0.25, 0.3) is 10.8 Å². The maximum atomic E-state index is 13.5. The Kier molecular flexibility index (Phi) is 7.15. The Morgan fingerprint density at radius 2 is 1.55 bits per heavy atom. The number of hydrazone groups is 1. The van der Waals surface area contributed by atoms with Gasteiger partial charge in [0.05, 0.1) is 16.9 Å². The van der Waals surface area contributed by atoms with Gasteiger partial charge in [0, 0.05) is 42.9 Å². The number of para-hydroxylation sites is 2. The zero-order chi connectivity index (χ0) is 26.6. The van der Waals surface area contributed by atoms with E-state index in [2.05, 4.69) is 15.4 Å². The topological polar surface area (TPSA) is 105 Å². The van der Waals surface area contributed by atoms with Crippen molar-refractivity contribution in [1.82, 2.24) is 10.3 Å². The number of amides is 2. The van der Waals surface area contributed by atoms with Crippen molar-refractivity contribution in [2.75, 3.05) is 31.1 Å². The Balaban J connectivity index is 1.31. The lowest BCUT2D eigenvalue weighted by molar-refractivity contribution is 0.0748. The molecule has 4 aromatic rings. The summed E-state index contributed by atoms with van der Waals surface area (Å²) in [5, 5.41) is 25.5. The van der Waals surface area contributed by atoms with Gasteiger partial charge in [0.1, 0.15) is 11.5 Å². The molecule has 0 unspecified atom stereocenters. The largest absolute Gasteiger partial charge is 0.506 e. The number of nitrogens with zero attached hydrogens (tertiary/aromatic N) is 3. The molecule has 0 bridgehead atoms. The second-order valence-electron chi connectivity index (χ2n) is 8.88. The normalized spacial score (nSPS) is 13.7. The van der Waals surface area contributed by atoms with Crippen molar-refractivity contribution in [3.63, 3.8) is 0 Å². The number of piperazine rings is 1. The van der Waals surface area contributed by atoms with Crippen LogP contribution in [-0.2, 0) is 0 Å². The summed E-state index contributed by atoms with van der Waals surface area (Å²) < 4.78 is 0. The molecule has 8 nitrogen and oxygen atoms in total. The molecule has 4 aromatic carbocycles. The average molecular weight is 529 g/mol. The fraction of sp³-hybridized carbons (Fsp3) is 0.138. The van der Waals surface area contributed by atoms with Crippen molar-refractivity contribution in [1.29, 1.82) is 0 Å². The van der Waals surface area contributed by atoms with Crippen molar-refractivity contribution >= 4 is 46.1 Å². The van der Waals surface area contributed by atoms with Crippen LogP contribution in [-0.4, -0.2) is 59.3 Å². The molecule has 9 heteroatoms. The number of anilines is 1. The van der Waals surface area contributed by atoms with Crippen molar-refractivity contribution in [3.05, 3.63) is 101 Å². The number of carbonyl (C=O) groups excluding carboxylic acids is 2. The van der Waals surface area contributed by atoms with E-state index >= 15 is 0 Å². The van der Waals surface area contributed by atoms with Gasteiger partial charge in [-0.15, -0.1) is 0 Å². The molecule has 0 atom stereocenters. The molecule has 0 saturated carbocycles. The number of aromatic hydroxyl groups is 2. The van der Waals surface area contributed by atoms with Crippen molar-refractivity contribution < 1.29 is 19.8 Å². The van der Waals surface area contributed by atoms with Crippen LogP contribution in [0.15, 0.2) is 84.0 Å². The average Bonchev–Trinajstić information content (AvgIpc) is 2.94. The van der Waals surface area contributed by atoms with Gasteiger partial charge in [-0.25, -0.2) is 5.43 Å². The van der Waals surface area contributed by atoms with Crippen LogP contribution in [0.1, 0.15) is 26.3 Å². The number of hydrogen-bond donors (Lipinski definition) is 3. The minimum absolute atomic E-state index is 0.0564. The van der Waals surface area contributed by atoms with Crippen LogP contribution in [0.3, 0.4) is 0 Å². The number of benzene rings is 4. The second kappa shape index (κ2) is 10.8. The predicted molar refractivity (Wildman–Crippen MR) is 148 cm³/mol. The molecular weight excluding hydrogens is 504 g/mol. The lowest BCUT2D eigenvalue weighted by Crippen LogP contribution is -2.48. The molecule has 1 saturated heterocycles. The number of fused-ring (bicyclic) bond motifs is 1. The summed E-state index contributed by atoms with van der Waals surface area (Å²) >= 11 is 5.88. The molecule has 2 amide bonds. The third-order valence-electron chi connectivity index (χ3n) is 6.56. The maximum absolute atomic E-state index is 13.5. The Hall–Kier alpha value is -4.56. The lowest BCUT2D eigenvalue weighted by atomic mass is 9.99. The van der Waals surface area contributed by atoms with Gasteiger partial charge in [0.2, 0.25) is 0 Å². The summed E-state index contributed by atoms with van der Waals surface area (Å²) in [6, 6.07) is 22.5. The molecule has 0 radical (unpaired) electrons. The third-order valence-corrected chi connectivity index (χ3v) is 6.86. The SMILES string of the molecule is O=C(N/N=C/c1ccc(C(=O)N2CCN(c3ccccc3O)CC2)c2ccccc12)c1ccc(O)c(Cl)c1. The summed E-state index contributed by atoms with van der Waals surface area (Å²) in [5.74, 6) is -0.398. The van der Waals surface area contributed by atoms with E-state index in [0.29, 0.717) is 31.7 Å². The molecule has 5 rings (SSSR count). The van der Waals surface area contributed by atoms with Gasteiger partial charge in [-0.2, -0.15) is 5.10 Å². The summed E-state index contributed by atoms with van der Waals surface area (Å²) in [7, 11) is 0. The van der Waals surface area contributed by atoms with Crippen LogP contribution >= 0.6 is 11.6 Å². The van der Waals surface area contributed by atoms with Gasteiger partial charge in [0.25, 0.3) is 11.8 Å². The van der Waals surface area contributed by atoms with E-state index in [1.165, 1.54) is 24.4 Å². The van der Waals surface area contributed by atoms with Crippen molar-refractivity contribution in [2.24, 2.45) is 5.10 Å². The predicted octanol–water partition coefficient (Wildman–Crippen LogP) is 4.63. The summed E-state index contributed by atoms with van der Waals surface area (Å²) in [5.41, 5.74) is 4.83. The zero-order valence-electron chi connectivity index (χ0n) is 20.3. The first-order valence-corrected chi connectivity index (χ1v) is 12.5. The first-order chi connectivity index (χ1) is 18.4. The van der Waals surface area contributed by atoms with Gasteiger partial charge in [0.15, 0.2) is 0 Å². The molecule has 1 aliphatic heterocycles. The molecule has 0 aliphatic carbocycles. The molecule has 0 aromatic heterocycles. The highest BCUT2D eigenvalue weighted by molar-refractivity contribution is 6.32. The molecule has 0 spiro atoms. The van der Waals surface area contributed by atoms with Crippen LogP contribution in [0.2, 0.25) is 5.02 Å². The molecule has 1 heterocycles. The summed E-state index contributed by atoms with van der Waals surface area (Å²) in [6.07, 6.45) is 1.53. The first kappa shape index (κ1) is 25.1. The van der Waals surface area contributed by atoms with Gasteiger partial charge in [-0.3, -0.25) is 9.59 Å². The fourth-order valence-electron chi connectivity index (χ4n) is 4.55. The van der Waals surface area contributed by atoms with Crippen LogP contribution in [0.4, 0.5) is 5.69 Å². The van der Waals surface area contributed by atoms with Gasteiger partial charge >= 0.3 is 0 Å². The van der Waals surface area contributed by atoms with E-state index in [-0.39, 0.29) is 28.0 Å². The third kappa shape index (κ3) is 5.12. The number of phenols is 2. The number of nitrogens with one attached hydrogen (secondary N) is 1. The number of carbonyl (C=O) groups is 2. The molecular formula is C29H25ClN4O4. The summed E-state index contributed by atoms with van der Waals surface area (Å²) in [4.78, 5) is 29.8. The Morgan fingerprint density at radius 3 is 2.29 bits per heavy atom. The van der Waals surface area contributed by atoms with E-state index in [9.17, 15) is 19.8 Å². The lowest BCUT2D eigenvalue weighted by Gasteiger charge is -2.36. The molecule has 3 N–H and O–H groups in total. The summed E-state index contributed by atoms with van der Waals surface area (Å²) in [6.45, 7) is 2.33. The van der Waals surface area contributed by atoms with Crippen LogP contribution in [0, 0.1) is 0 Å². The van der Waals surface area contributed by atoms with Crippen LogP contribution in [0.5, 0.6) is 11.5 Å². The van der Waals surface area contributed by atoms with E-state index in [1.807, 2.05) is 41.3 Å². The highest BCUT2D eigenvalue weighted by atomic mass is 35.5. The van der Waals surface area contributed by atoms with Crippen molar-refractivity contribution in [3.8, 4) is 11.5 Å². The number of phenolic OH excluding ortho intramolecular Hbond substituents is 2. The standard InChI is InChI=1S/C29H25ClN4O4/c30-24-17-19(10-12-26(24)35)28(37)32-31-18-20-9-11-23(22-6-2-1-5-21(20)22)29(38)34-15-13-33(14-16-34)25-7-3-4-8-27(25)36/h1-12,17-18,35-36H,13-16H2,(H,32,37)/b31-18+. The van der Waals surface area contributed by atoms with Gasteiger partial charge in [-0.05, 0) is 47.2 Å². The Morgan fingerprint density at radius 1 is 0.842 bits per heavy atom. The molecule has 192 valence electrons. The van der Waals surface area contributed by atoms with E-state index in [4.69, 9.17) is 11.6 Å². The van der Waals surface area contributed by atoms with Gasteiger partial charge in [-0.1, -0.05) is 54.1 Å². The highest BCUT2D eigenvalue weighted by Gasteiger charge is 2.24. The fourth-order valence-corrected chi connectivity index (χ4v) is 4.73.